The minimum absolute atomic E-state index is 0.0368. The van der Waals surface area contributed by atoms with E-state index >= 15 is 0 Å². The van der Waals surface area contributed by atoms with Crippen LogP contribution < -0.4 is 10.1 Å². The van der Waals surface area contributed by atoms with Gasteiger partial charge in [0.25, 0.3) is 5.91 Å². The van der Waals surface area contributed by atoms with Crippen molar-refractivity contribution in [1.82, 2.24) is 19.8 Å². The number of fused-ring (bicyclic) bond motifs is 1. The minimum atomic E-state index is -0.187. The molecule has 1 aliphatic heterocycles. The molecule has 2 amide bonds. The third-order valence-corrected chi connectivity index (χ3v) is 5.90. The number of nitrogens with zero attached hydrogens (tertiary/aromatic N) is 4. The van der Waals surface area contributed by atoms with Crippen molar-refractivity contribution < 1.29 is 19.1 Å². The highest BCUT2D eigenvalue weighted by atomic mass is 16.5. The van der Waals surface area contributed by atoms with E-state index in [0.717, 1.165) is 12.1 Å². The Morgan fingerprint density at radius 2 is 1.97 bits per heavy atom. The number of carbonyl (C=O) groups is 2. The molecule has 0 radical (unpaired) electrons. The van der Waals surface area contributed by atoms with Gasteiger partial charge in [-0.15, -0.1) is 0 Å². The zero-order chi connectivity index (χ0) is 24.0. The van der Waals surface area contributed by atoms with Gasteiger partial charge < -0.3 is 19.7 Å². The maximum absolute atomic E-state index is 13.2. The Morgan fingerprint density at radius 1 is 1.24 bits per heavy atom. The van der Waals surface area contributed by atoms with Gasteiger partial charge in [-0.05, 0) is 25.0 Å². The second kappa shape index (κ2) is 11.2. The highest BCUT2D eigenvalue weighted by Crippen LogP contribution is 2.27. The van der Waals surface area contributed by atoms with E-state index < -0.39 is 0 Å². The molecule has 0 spiro atoms. The molecule has 1 aliphatic rings. The molecule has 0 aliphatic carbocycles. The Bertz CT molecular complexity index is 955. The molecule has 0 unspecified atom stereocenters. The monoisotopic (exact) mass is 455 g/mol. The molecule has 3 atom stereocenters. The van der Waals surface area contributed by atoms with Gasteiger partial charge in [-0.25, -0.2) is 9.97 Å². The average Bonchev–Trinajstić information content (AvgIpc) is 2.79. The third-order valence-electron chi connectivity index (χ3n) is 5.90. The fourth-order valence-electron chi connectivity index (χ4n) is 3.99. The first-order chi connectivity index (χ1) is 15.8. The van der Waals surface area contributed by atoms with E-state index in [0.29, 0.717) is 36.7 Å². The van der Waals surface area contributed by atoms with E-state index in [1.54, 1.807) is 37.3 Å². The topological polar surface area (TPSA) is 96.9 Å². The zero-order valence-electron chi connectivity index (χ0n) is 19.9. The van der Waals surface area contributed by atoms with E-state index in [1.165, 1.54) is 13.3 Å². The lowest BCUT2D eigenvalue weighted by Gasteiger charge is -2.36. The van der Waals surface area contributed by atoms with Crippen molar-refractivity contribution in [2.24, 2.45) is 5.92 Å². The van der Waals surface area contributed by atoms with Crippen molar-refractivity contribution in [3.05, 3.63) is 48.0 Å². The lowest BCUT2D eigenvalue weighted by atomic mass is 10.0. The van der Waals surface area contributed by atoms with Crippen LogP contribution in [0.2, 0.25) is 0 Å². The van der Waals surface area contributed by atoms with Crippen LogP contribution in [-0.4, -0.2) is 77.6 Å². The molecule has 0 saturated carbocycles. The fourth-order valence-corrected chi connectivity index (χ4v) is 3.99. The molecular formula is C24H33N5O4. The van der Waals surface area contributed by atoms with Crippen molar-refractivity contribution >= 4 is 17.5 Å². The number of anilines is 1. The summed E-state index contributed by atoms with van der Waals surface area (Å²) in [6.45, 7) is 7.89. The minimum Gasteiger partial charge on any atom is -0.491 e. The quantitative estimate of drug-likeness (QED) is 0.756. The van der Waals surface area contributed by atoms with Gasteiger partial charge in [0.05, 0.1) is 11.7 Å². The first kappa shape index (κ1) is 24.6. The van der Waals surface area contributed by atoms with Crippen LogP contribution in [0.25, 0.3) is 0 Å². The standard InChI is InChI=1S/C24H33N5O4/c1-16-11-29(12-19-9-25-15-26-10-19)17(2)14-33-22-8-20(27-18(3)30)6-7-21(22)24(31)28(4)13-23(16)32-5/h6-10,15-17,23H,11-14H2,1-5H3,(H,27,30)/t16-,17+,23+/m0/s1. The van der Waals surface area contributed by atoms with Gasteiger partial charge in [-0.1, -0.05) is 6.92 Å². The molecule has 9 heteroatoms. The average molecular weight is 456 g/mol. The van der Waals surface area contributed by atoms with E-state index in [4.69, 9.17) is 9.47 Å². The summed E-state index contributed by atoms with van der Waals surface area (Å²) in [6.07, 6.45) is 5.02. The largest absolute Gasteiger partial charge is 0.491 e. The number of rotatable bonds is 4. The Balaban J connectivity index is 1.94. The van der Waals surface area contributed by atoms with Crippen LogP contribution in [0.1, 0.15) is 36.7 Å². The van der Waals surface area contributed by atoms with Gasteiger partial charge >= 0.3 is 0 Å². The molecule has 2 heterocycles. The fraction of sp³-hybridized carbons (Fsp3) is 0.500. The summed E-state index contributed by atoms with van der Waals surface area (Å²) in [5.74, 6) is 0.266. The Morgan fingerprint density at radius 3 is 2.64 bits per heavy atom. The molecule has 9 nitrogen and oxygen atoms in total. The summed E-state index contributed by atoms with van der Waals surface area (Å²) in [4.78, 5) is 37.0. The highest BCUT2D eigenvalue weighted by molar-refractivity contribution is 5.98. The first-order valence-corrected chi connectivity index (χ1v) is 11.1. The number of hydrogen-bond donors (Lipinski definition) is 1. The van der Waals surface area contributed by atoms with Gasteiger partial charge in [0, 0.05) is 76.5 Å². The summed E-state index contributed by atoms with van der Waals surface area (Å²) in [5, 5.41) is 2.75. The summed E-state index contributed by atoms with van der Waals surface area (Å²) < 4.78 is 12.0. The molecule has 0 bridgehead atoms. The number of methoxy groups -OCH3 is 1. The van der Waals surface area contributed by atoms with E-state index in [-0.39, 0.29) is 29.9 Å². The predicted octanol–water partition coefficient (Wildman–Crippen LogP) is 2.44. The Kier molecular flexibility index (Phi) is 8.35. The second-order valence-corrected chi connectivity index (χ2v) is 8.67. The lowest BCUT2D eigenvalue weighted by molar-refractivity contribution is -0.114. The number of likely N-dealkylation sites (N-methyl/N-ethyl adjacent to an activating group) is 1. The summed E-state index contributed by atoms with van der Waals surface area (Å²) in [6, 6.07) is 5.14. The first-order valence-electron chi connectivity index (χ1n) is 11.1. The van der Waals surface area contributed by atoms with Gasteiger partial charge in [-0.3, -0.25) is 14.5 Å². The van der Waals surface area contributed by atoms with Crippen LogP contribution >= 0.6 is 0 Å². The smallest absolute Gasteiger partial charge is 0.257 e. The summed E-state index contributed by atoms with van der Waals surface area (Å²) in [7, 11) is 3.45. The Labute approximate surface area is 195 Å². The van der Waals surface area contributed by atoms with Crippen LogP contribution in [0.15, 0.2) is 36.9 Å². The molecule has 3 rings (SSSR count). The zero-order valence-corrected chi connectivity index (χ0v) is 19.9. The number of ether oxygens (including phenoxy) is 2. The molecule has 0 saturated heterocycles. The number of hydrogen-bond acceptors (Lipinski definition) is 7. The van der Waals surface area contributed by atoms with E-state index in [9.17, 15) is 9.59 Å². The van der Waals surface area contributed by atoms with Crippen LogP contribution in [-0.2, 0) is 16.1 Å². The van der Waals surface area contributed by atoms with Gasteiger partial charge in [-0.2, -0.15) is 0 Å². The molecule has 33 heavy (non-hydrogen) atoms. The SMILES string of the molecule is CO[C@@H]1CN(C)C(=O)c2ccc(NC(C)=O)cc2OC[C@@H](C)N(Cc2cncnc2)C[C@@H]1C. The molecule has 1 N–H and O–H groups in total. The number of nitrogens with one attached hydrogen (secondary N) is 1. The maximum Gasteiger partial charge on any atom is 0.257 e. The molecular weight excluding hydrogens is 422 g/mol. The van der Waals surface area contributed by atoms with Crippen molar-refractivity contribution in [1.29, 1.82) is 0 Å². The lowest BCUT2D eigenvalue weighted by Crippen LogP contribution is -2.46. The maximum atomic E-state index is 13.2. The highest BCUT2D eigenvalue weighted by Gasteiger charge is 2.28. The van der Waals surface area contributed by atoms with Crippen molar-refractivity contribution in [2.75, 3.05) is 39.2 Å². The molecule has 1 aromatic carbocycles. The van der Waals surface area contributed by atoms with Crippen LogP contribution in [0, 0.1) is 5.92 Å². The number of amides is 2. The van der Waals surface area contributed by atoms with E-state index in [1.807, 2.05) is 12.4 Å². The van der Waals surface area contributed by atoms with Gasteiger partial charge in [0.15, 0.2) is 0 Å². The Hall–Kier alpha value is -3.04. The van der Waals surface area contributed by atoms with Gasteiger partial charge in [0.2, 0.25) is 5.91 Å². The van der Waals surface area contributed by atoms with Crippen molar-refractivity contribution in [3.63, 3.8) is 0 Å². The number of carbonyl (C=O) groups excluding carboxylic acids is 2. The number of benzene rings is 1. The summed E-state index contributed by atoms with van der Waals surface area (Å²) in [5.41, 5.74) is 2.04. The molecule has 2 aromatic rings. The third kappa shape index (κ3) is 6.49. The summed E-state index contributed by atoms with van der Waals surface area (Å²) >= 11 is 0. The van der Waals surface area contributed by atoms with Crippen molar-refractivity contribution in [2.45, 2.75) is 39.5 Å². The predicted molar refractivity (Wildman–Crippen MR) is 125 cm³/mol. The van der Waals surface area contributed by atoms with Crippen molar-refractivity contribution in [3.8, 4) is 5.75 Å². The van der Waals surface area contributed by atoms with Crippen LogP contribution in [0.3, 0.4) is 0 Å². The van der Waals surface area contributed by atoms with E-state index in [2.05, 4.69) is 34.0 Å². The second-order valence-electron chi connectivity index (χ2n) is 8.67. The molecule has 0 fully saturated rings. The molecule has 1 aromatic heterocycles. The van der Waals surface area contributed by atoms with Crippen LogP contribution in [0.5, 0.6) is 5.75 Å². The molecule has 178 valence electrons. The number of aromatic nitrogens is 2. The normalized spacial score (nSPS) is 22.5. The van der Waals surface area contributed by atoms with Gasteiger partial charge in [0.1, 0.15) is 18.7 Å². The van der Waals surface area contributed by atoms with Crippen LogP contribution in [0.4, 0.5) is 5.69 Å².